The van der Waals surface area contributed by atoms with E-state index >= 15 is 0 Å². The van der Waals surface area contributed by atoms with E-state index in [9.17, 15) is 4.79 Å². The number of nitrogens with one attached hydrogen (secondary N) is 1. The zero-order valence-corrected chi connectivity index (χ0v) is 9.13. The van der Waals surface area contributed by atoms with E-state index < -0.39 is 0 Å². The van der Waals surface area contributed by atoms with Crippen molar-refractivity contribution in [1.29, 1.82) is 0 Å². The molecule has 0 radical (unpaired) electrons. The molecule has 2 unspecified atom stereocenters. The monoisotopic (exact) mass is 201 g/mol. The van der Waals surface area contributed by atoms with Crippen LogP contribution in [0.2, 0.25) is 0 Å². The van der Waals surface area contributed by atoms with E-state index in [1.165, 1.54) is 7.11 Å². The number of hydrogen-bond acceptors (Lipinski definition) is 4. The number of hydrogen-bond donors (Lipinski definition) is 1. The van der Waals surface area contributed by atoms with E-state index in [1.54, 1.807) is 0 Å². The Bertz CT molecular complexity index is 208. The minimum absolute atomic E-state index is 0.134. The Morgan fingerprint density at radius 2 is 2.43 bits per heavy atom. The highest BCUT2D eigenvalue weighted by atomic mass is 16.5. The van der Waals surface area contributed by atoms with Crippen LogP contribution < -0.4 is 5.32 Å². The van der Waals surface area contributed by atoms with Gasteiger partial charge in [0.2, 0.25) is 0 Å². The molecule has 0 aliphatic carbocycles. The second-order valence-electron chi connectivity index (χ2n) is 3.92. The molecule has 1 fully saturated rings. The van der Waals surface area contributed by atoms with Crippen LogP contribution in [0.5, 0.6) is 0 Å². The zero-order valence-electron chi connectivity index (χ0n) is 9.13. The van der Waals surface area contributed by atoms with Crippen LogP contribution in [-0.4, -0.2) is 38.4 Å². The zero-order chi connectivity index (χ0) is 10.6. The first-order valence-corrected chi connectivity index (χ1v) is 4.99. The molecule has 0 bridgehead atoms. The van der Waals surface area contributed by atoms with Gasteiger partial charge in [0, 0.05) is 12.1 Å². The van der Waals surface area contributed by atoms with Crippen molar-refractivity contribution < 1.29 is 14.3 Å². The van der Waals surface area contributed by atoms with Gasteiger partial charge in [0.15, 0.2) is 0 Å². The van der Waals surface area contributed by atoms with Crippen LogP contribution in [0, 0.1) is 0 Å². The van der Waals surface area contributed by atoms with Gasteiger partial charge in [-0.2, -0.15) is 0 Å². The second kappa shape index (κ2) is 4.75. The summed E-state index contributed by atoms with van der Waals surface area (Å²) in [4.78, 5) is 11.2. The summed E-state index contributed by atoms with van der Waals surface area (Å²) in [6.45, 7) is 2.74. The van der Waals surface area contributed by atoms with Crippen LogP contribution in [0.25, 0.3) is 0 Å². The summed E-state index contributed by atoms with van der Waals surface area (Å²) in [6.07, 6.45) is 2.36. The molecule has 1 rings (SSSR count). The fourth-order valence-electron chi connectivity index (χ4n) is 1.99. The SMILES string of the molecule is CNC1(CC(=O)OC)CCOC(C)C1. The topological polar surface area (TPSA) is 47.6 Å². The first kappa shape index (κ1) is 11.5. The average molecular weight is 201 g/mol. The predicted molar refractivity (Wildman–Crippen MR) is 53.1 cm³/mol. The molecule has 4 heteroatoms. The van der Waals surface area contributed by atoms with Crippen molar-refractivity contribution in [2.75, 3.05) is 20.8 Å². The van der Waals surface area contributed by atoms with Crippen molar-refractivity contribution in [3.8, 4) is 0 Å². The molecular weight excluding hydrogens is 182 g/mol. The number of esters is 1. The summed E-state index contributed by atoms with van der Waals surface area (Å²) >= 11 is 0. The molecule has 0 spiro atoms. The third-order valence-electron chi connectivity index (χ3n) is 2.90. The van der Waals surface area contributed by atoms with Crippen molar-refractivity contribution in [3.63, 3.8) is 0 Å². The Morgan fingerprint density at radius 3 is 2.93 bits per heavy atom. The lowest BCUT2D eigenvalue weighted by Crippen LogP contribution is -2.51. The predicted octanol–water partition coefficient (Wildman–Crippen LogP) is 0.707. The minimum Gasteiger partial charge on any atom is -0.469 e. The number of methoxy groups -OCH3 is 1. The van der Waals surface area contributed by atoms with Crippen LogP contribution in [0.15, 0.2) is 0 Å². The molecule has 1 N–H and O–H groups in total. The van der Waals surface area contributed by atoms with Gasteiger partial charge < -0.3 is 14.8 Å². The first-order chi connectivity index (χ1) is 6.62. The molecule has 0 amide bonds. The molecule has 82 valence electrons. The Morgan fingerprint density at radius 1 is 1.71 bits per heavy atom. The van der Waals surface area contributed by atoms with Gasteiger partial charge in [0.05, 0.1) is 19.6 Å². The normalized spacial score (nSPS) is 32.6. The summed E-state index contributed by atoms with van der Waals surface area (Å²) in [5.41, 5.74) is -0.134. The number of carbonyl (C=O) groups is 1. The maximum absolute atomic E-state index is 11.2. The average Bonchev–Trinajstić information content (AvgIpc) is 2.17. The Kier molecular flexibility index (Phi) is 3.89. The lowest BCUT2D eigenvalue weighted by Gasteiger charge is -2.39. The maximum atomic E-state index is 11.2. The summed E-state index contributed by atoms with van der Waals surface area (Å²) in [5, 5.41) is 3.23. The van der Waals surface area contributed by atoms with Crippen LogP contribution in [-0.2, 0) is 14.3 Å². The van der Waals surface area contributed by atoms with Crippen LogP contribution >= 0.6 is 0 Å². The summed E-state index contributed by atoms with van der Waals surface area (Å²) < 4.78 is 10.2. The number of ether oxygens (including phenoxy) is 2. The fraction of sp³-hybridized carbons (Fsp3) is 0.900. The first-order valence-electron chi connectivity index (χ1n) is 4.99. The lowest BCUT2D eigenvalue weighted by atomic mass is 9.84. The highest BCUT2D eigenvalue weighted by Crippen LogP contribution is 2.27. The standard InChI is InChI=1S/C10H19NO3/c1-8-6-10(11-2,4-5-14-8)7-9(12)13-3/h8,11H,4-7H2,1-3H3. The molecule has 0 aromatic heterocycles. The Hall–Kier alpha value is -0.610. The van der Waals surface area contributed by atoms with Crippen LogP contribution in [0.4, 0.5) is 0 Å². The number of rotatable bonds is 3. The van der Waals surface area contributed by atoms with Gasteiger partial charge in [-0.15, -0.1) is 0 Å². The molecule has 4 nitrogen and oxygen atoms in total. The van der Waals surface area contributed by atoms with Gasteiger partial charge in [0.25, 0.3) is 0 Å². The largest absolute Gasteiger partial charge is 0.469 e. The summed E-state index contributed by atoms with van der Waals surface area (Å²) in [5.74, 6) is -0.159. The summed E-state index contributed by atoms with van der Waals surface area (Å²) in [7, 11) is 3.31. The molecule has 1 heterocycles. The molecule has 0 saturated carbocycles. The van der Waals surface area contributed by atoms with Crippen LogP contribution in [0.3, 0.4) is 0 Å². The van der Waals surface area contributed by atoms with Gasteiger partial charge in [-0.3, -0.25) is 4.79 Å². The highest BCUT2D eigenvalue weighted by Gasteiger charge is 2.36. The van der Waals surface area contributed by atoms with Gasteiger partial charge in [-0.05, 0) is 26.8 Å². The molecule has 1 aliphatic heterocycles. The number of carbonyl (C=O) groups excluding carboxylic acids is 1. The Labute approximate surface area is 85.0 Å². The third-order valence-corrected chi connectivity index (χ3v) is 2.90. The van der Waals surface area contributed by atoms with E-state index in [0.29, 0.717) is 13.0 Å². The van der Waals surface area contributed by atoms with Crippen molar-refractivity contribution >= 4 is 5.97 Å². The van der Waals surface area contributed by atoms with E-state index in [1.807, 2.05) is 14.0 Å². The Balaban J connectivity index is 2.60. The van der Waals surface area contributed by atoms with Crippen molar-refractivity contribution in [3.05, 3.63) is 0 Å². The molecule has 0 aromatic rings. The molecule has 14 heavy (non-hydrogen) atoms. The molecular formula is C10H19NO3. The molecule has 1 aliphatic rings. The fourth-order valence-corrected chi connectivity index (χ4v) is 1.99. The van der Waals surface area contributed by atoms with Gasteiger partial charge in [-0.1, -0.05) is 0 Å². The van der Waals surface area contributed by atoms with E-state index in [4.69, 9.17) is 9.47 Å². The third kappa shape index (κ3) is 2.69. The lowest BCUT2D eigenvalue weighted by molar-refractivity contribution is -0.144. The highest BCUT2D eigenvalue weighted by molar-refractivity contribution is 5.70. The van der Waals surface area contributed by atoms with Crippen molar-refractivity contribution in [2.24, 2.45) is 0 Å². The van der Waals surface area contributed by atoms with Crippen LogP contribution in [0.1, 0.15) is 26.2 Å². The van der Waals surface area contributed by atoms with E-state index in [0.717, 1.165) is 12.8 Å². The summed E-state index contributed by atoms with van der Waals surface area (Å²) in [6, 6.07) is 0. The van der Waals surface area contributed by atoms with Gasteiger partial charge in [-0.25, -0.2) is 0 Å². The van der Waals surface area contributed by atoms with E-state index in [2.05, 4.69) is 5.32 Å². The van der Waals surface area contributed by atoms with Gasteiger partial charge >= 0.3 is 5.97 Å². The van der Waals surface area contributed by atoms with E-state index in [-0.39, 0.29) is 17.6 Å². The molecule has 0 aromatic carbocycles. The second-order valence-corrected chi connectivity index (χ2v) is 3.92. The molecule has 1 saturated heterocycles. The molecule has 2 atom stereocenters. The maximum Gasteiger partial charge on any atom is 0.307 e. The quantitative estimate of drug-likeness (QED) is 0.683. The van der Waals surface area contributed by atoms with Crippen molar-refractivity contribution in [2.45, 2.75) is 37.8 Å². The van der Waals surface area contributed by atoms with Crippen molar-refractivity contribution in [1.82, 2.24) is 5.32 Å². The van der Waals surface area contributed by atoms with Gasteiger partial charge in [0.1, 0.15) is 0 Å². The smallest absolute Gasteiger partial charge is 0.307 e. The minimum atomic E-state index is -0.159.